The minimum atomic E-state index is 0.515. The maximum atomic E-state index is 9.92. The van der Waals surface area contributed by atoms with Gasteiger partial charge in [-0.2, -0.15) is 15.5 Å². The highest BCUT2D eigenvalue weighted by Gasteiger charge is 2.21. The van der Waals surface area contributed by atoms with Crippen molar-refractivity contribution < 1.29 is 4.74 Å². The van der Waals surface area contributed by atoms with Crippen LogP contribution in [0.3, 0.4) is 0 Å². The SMILES string of the molecule is CCc1nnc(OC)c2ccc(-c3cnn(C)c3-c3sc4ccccc4c3C#N)cc12. The Kier molecular flexibility index (Phi) is 4.64. The van der Waals surface area contributed by atoms with Gasteiger partial charge in [-0.15, -0.1) is 16.4 Å². The fourth-order valence-corrected chi connectivity index (χ4v) is 5.25. The number of hydrogen-bond acceptors (Lipinski definition) is 6. The lowest BCUT2D eigenvalue weighted by Crippen LogP contribution is -1.98. The summed E-state index contributed by atoms with van der Waals surface area (Å²) >= 11 is 1.62. The van der Waals surface area contributed by atoms with Gasteiger partial charge in [-0.1, -0.05) is 31.2 Å². The molecule has 0 spiro atoms. The molecule has 0 bridgehead atoms. The van der Waals surface area contributed by atoms with Crippen molar-refractivity contribution in [1.29, 1.82) is 5.26 Å². The number of rotatable bonds is 4. The third kappa shape index (κ3) is 2.95. The summed E-state index contributed by atoms with van der Waals surface area (Å²) in [6.45, 7) is 2.06. The summed E-state index contributed by atoms with van der Waals surface area (Å²) in [5.41, 5.74) is 4.53. The Hall–Kier alpha value is -3.76. The zero-order valence-electron chi connectivity index (χ0n) is 17.4. The first-order valence-electron chi connectivity index (χ1n) is 9.94. The summed E-state index contributed by atoms with van der Waals surface area (Å²) < 4.78 is 8.34. The number of nitriles is 1. The largest absolute Gasteiger partial charge is 0.479 e. The summed E-state index contributed by atoms with van der Waals surface area (Å²) in [4.78, 5) is 0.931. The average molecular weight is 426 g/mol. The van der Waals surface area contributed by atoms with Crippen LogP contribution in [0.4, 0.5) is 0 Å². The second-order valence-electron chi connectivity index (χ2n) is 7.21. The molecule has 2 aromatic carbocycles. The Morgan fingerprint density at radius 2 is 1.94 bits per heavy atom. The van der Waals surface area contributed by atoms with Crippen LogP contribution in [0.1, 0.15) is 18.2 Å². The van der Waals surface area contributed by atoms with Crippen LogP contribution >= 0.6 is 11.3 Å². The summed E-state index contributed by atoms with van der Waals surface area (Å²) in [5, 5.41) is 25.9. The Morgan fingerprint density at radius 1 is 1.10 bits per heavy atom. The highest BCUT2D eigenvalue weighted by molar-refractivity contribution is 7.22. The van der Waals surface area contributed by atoms with Crippen LogP contribution in [0.25, 0.3) is 42.6 Å². The number of thiophene rings is 1. The molecule has 0 aliphatic rings. The maximum Gasteiger partial charge on any atom is 0.241 e. The lowest BCUT2D eigenvalue weighted by Gasteiger charge is -2.10. The molecule has 3 aromatic heterocycles. The molecule has 0 fully saturated rings. The number of aryl methyl sites for hydroxylation is 2. The van der Waals surface area contributed by atoms with E-state index in [4.69, 9.17) is 4.74 Å². The predicted octanol–water partition coefficient (Wildman–Crippen LogP) is 5.35. The molecule has 0 unspecified atom stereocenters. The van der Waals surface area contributed by atoms with Gasteiger partial charge in [0.1, 0.15) is 6.07 Å². The molecular formula is C24H19N5OS. The van der Waals surface area contributed by atoms with Crippen LogP contribution in [0.2, 0.25) is 0 Å². The van der Waals surface area contributed by atoms with Crippen LogP contribution in [-0.2, 0) is 13.5 Å². The van der Waals surface area contributed by atoms with Crippen molar-refractivity contribution in [3.63, 3.8) is 0 Å². The van der Waals surface area contributed by atoms with Crippen LogP contribution in [-0.4, -0.2) is 27.1 Å². The summed E-state index contributed by atoms with van der Waals surface area (Å²) in [7, 11) is 3.52. The van der Waals surface area contributed by atoms with E-state index in [1.54, 1.807) is 18.4 Å². The normalized spacial score (nSPS) is 11.2. The lowest BCUT2D eigenvalue weighted by atomic mass is 9.99. The van der Waals surface area contributed by atoms with Crippen molar-refractivity contribution in [2.45, 2.75) is 13.3 Å². The first-order chi connectivity index (χ1) is 15.2. The zero-order valence-corrected chi connectivity index (χ0v) is 18.2. The molecule has 3 heterocycles. The van der Waals surface area contributed by atoms with Crippen molar-refractivity contribution in [1.82, 2.24) is 20.0 Å². The van der Waals surface area contributed by atoms with Gasteiger partial charge in [-0.05, 0) is 30.2 Å². The minimum Gasteiger partial charge on any atom is -0.479 e. The monoisotopic (exact) mass is 425 g/mol. The molecule has 0 aliphatic carbocycles. The van der Waals surface area contributed by atoms with E-state index in [1.807, 2.05) is 48.3 Å². The van der Waals surface area contributed by atoms with Crippen LogP contribution in [0, 0.1) is 11.3 Å². The zero-order chi connectivity index (χ0) is 21.5. The third-order valence-electron chi connectivity index (χ3n) is 5.52. The van der Waals surface area contributed by atoms with E-state index in [-0.39, 0.29) is 0 Å². The maximum absolute atomic E-state index is 9.92. The van der Waals surface area contributed by atoms with Crippen LogP contribution < -0.4 is 4.74 Å². The van der Waals surface area contributed by atoms with E-state index in [9.17, 15) is 5.26 Å². The average Bonchev–Trinajstić information content (AvgIpc) is 3.37. The van der Waals surface area contributed by atoms with Gasteiger partial charge in [0, 0.05) is 33.5 Å². The summed E-state index contributed by atoms with van der Waals surface area (Å²) in [5.74, 6) is 0.515. The molecule has 0 aliphatic heterocycles. The molecular weight excluding hydrogens is 406 g/mol. The number of fused-ring (bicyclic) bond motifs is 2. The molecule has 0 saturated carbocycles. The summed E-state index contributed by atoms with van der Waals surface area (Å²) in [6, 6.07) is 16.6. The van der Waals surface area contributed by atoms with Gasteiger partial charge in [0.2, 0.25) is 5.88 Å². The van der Waals surface area contributed by atoms with E-state index in [0.29, 0.717) is 11.4 Å². The second-order valence-corrected chi connectivity index (χ2v) is 8.27. The van der Waals surface area contributed by atoms with E-state index < -0.39 is 0 Å². The molecule has 31 heavy (non-hydrogen) atoms. The molecule has 0 amide bonds. The van der Waals surface area contributed by atoms with E-state index in [1.165, 1.54) is 0 Å². The topological polar surface area (TPSA) is 76.6 Å². The van der Waals surface area contributed by atoms with E-state index >= 15 is 0 Å². The molecule has 0 radical (unpaired) electrons. The van der Waals surface area contributed by atoms with Crippen LogP contribution in [0.5, 0.6) is 5.88 Å². The van der Waals surface area contributed by atoms with Gasteiger partial charge in [0.25, 0.3) is 0 Å². The van der Waals surface area contributed by atoms with Gasteiger partial charge in [-0.3, -0.25) is 4.68 Å². The van der Waals surface area contributed by atoms with E-state index in [2.05, 4.69) is 40.4 Å². The van der Waals surface area contributed by atoms with Gasteiger partial charge >= 0.3 is 0 Å². The number of benzene rings is 2. The molecule has 0 atom stereocenters. The molecule has 0 N–H and O–H groups in total. The third-order valence-corrected chi connectivity index (χ3v) is 6.70. The van der Waals surface area contributed by atoms with Crippen molar-refractivity contribution in [3.05, 3.63) is 59.9 Å². The van der Waals surface area contributed by atoms with E-state index in [0.717, 1.165) is 54.7 Å². The molecule has 0 saturated heterocycles. The number of nitrogens with zero attached hydrogens (tertiary/aromatic N) is 5. The molecule has 152 valence electrons. The van der Waals surface area contributed by atoms with Gasteiger partial charge in [0.05, 0.1) is 35.1 Å². The fourth-order valence-electron chi connectivity index (χ4n) is 4.00. The predicted molar refractivity (Wildman–Crippen MR) is 123 cm³/mol. The Labute approximate surface area is 183 Å². The molecule has 6 nitrogen and oxygen atoms in total. The Bertz CT molecular complexity index is 1490. The standard InChI is InChI=1S/C24H19N5OS/c1-4-20-17-11-14(9-10-16(17)24(30-3)28-27-20)19-13-26-29(2)22(19)23-18(12-25)15-7-5-6-8-21(15)31-23/h5-11,13H,4H2,1-3H3. The molecule has 7 heteroatoms. The summed E-state index contributed by atoms with van der Waals surface area (Å²) in [6.07, 6.45) is 2.63. The lowest BCUT2D eigenvalue weighted by molar-refractivity contribution is 0.397. The first kappa shape index (κ1) is 19.2. The van der Waals surface area contributed by atoms with Gasteiger partial charge < -0.3 is 4.74 Å². The number of hydrogen-bond donors (Lipinski definition) is 0. The van der Waals surface area contributed by atoms with Gasteiger partial charge in [-0.25, -0.2) is 0 Å². The van der Waals surface area contributed by atoms with Crippen molar-refractivity contribution in [3.8, 4) is 33.6 Å². The smallest absolute Gasteiger partial charge is 0.241 e. The number of methoxy groups -OCH3 is 1. The van der Waals surface area contributed by atoms with Crippen molar-refractivity contribution >= 4 is 32.2 Å². The number of ether oxygens (including phenoxy) is 1. The fraction of sp³-hybridized carbons (Fsp3) is 0.167. The van der Waals surface area contributed by atoms with Crippen molar-refractivity contribution in [2.75, 3.05) is 7.11 Å². The molecule has 5 rings (SSSR count). The molecule has 5 aromatic rings. The Morgan fingerprint density at radius 3 is 2.71 bits per heavy atom. The van der Waals surface area contributed by atoms with Crippen molar-refractivity contribution in [2.24, 2.45) is 7.05 Å². The number of aromatic nitrogens is 4. The van der Waals surface area contributed by atoms with Gasteiger partial charge in [0.15, 0.2) is 0 Å². The quantitative estimate of drug-likeness (QED) is 0.388. The van der Waals surface area contributed by atoms with Crippen LogP contribution in [0.15, 0.2) is 48.7 Å². The minimum absolute atomic E-state index is 0.515. The Balaban J connectivity index is 1.77. The highest BCUT2D eigenvalue weighted by Crippen LogP contribution is 2.42. The second kappa shape index (κ2) is 7.49. The highest BCUT2D eigenvalue weighted by atomic mass is 32.1. The first-order valence-corrected chi connectivity index (χ1v) is 10.8.